The van der Waals surface area contributed by atoms with Crippen molar-refractivity contribution in [2.45, 2.75) is 25.9 Å². The van der Waals surface area contributed by atoms with Crippen LogP contribution in [0.3, 0.4) is 0 Å². The van der Waals surface area contributed by atoms with Crippen LogP contribution in [0.4, 0.5) is 8.78 Å². The van der Waals surface area contributed by atoms with E-state index < -0.39 is 11.6 Å². The molecule has 0 radical (unpaired) electrons. The maximum atomic E-state index is 14.0. The molecule has 0 bridgehead atoms. The molecule has 0 aliphatic carbocycles. The molecule has 0 N–H and O–H groups in total. The fraction of sp³-hybridized carbons (Fsp3) is 0.533. The van der Waals surface area contributed by atoms with Gasteiger partial charge in [-0.05, 0) is 34.5 Å². The Hall–Kier alpha value is -1.03. The Balaban J connectivity index is 1.99. The average molecular weight is 358 g/mol. The molecule has 1 heterocycles. The number of halogens is 3. The van der Waals surface area contributed by atoms with Crippen LogP contribution in [0.25, 0.3) is 0 Å². The highest BCUT2D eigenvalue weighted by molar-refractivity contribution is 9.10. The van der Waals surface area contributed by atoms with Crippen molar-refractivity contribution in [3.05, 3.63) is 33.8 Å². The van der Waals surface area contributed by atoms with Gasteiger partial charge in [0.2, 0.25) is 0 Å². The lowest BCUT2D eigenvalue weighted by Gasteiger charge is -2.36. The predicted octanol–water partition coefficient (Wildman–Crippen LogP) is 3.15. The van der Waals surface area contributed by atoms with E-state index in [0.29, 0.717) is 13.1 Å². The Morgan fingerprint density at radius 1 is 1.29 bits per heavy atom. The molecular weight excluding hydrogens is 340 g/mol. The fourth-order valence-corrected chi connectivity index (χ4v) is 2.97. The zero-order valence-electron chi connectivity index (χ0n) is 12.0. The minimum Gasteiger partial charge on any atom is -0.296 e. The molecule has 0 aromatic heterocycles. The largest absolute Gasteiger partial charge is 0.296 e. The molecule has 1 atom stereocenters. The first kappa shape index (κ1) is 16.3. The molecule has 0 amide bonds. The number of hydrogen-bond donors (Lipinski definition) is 0. The van der Waals surface area contributed by atoms with E-state index in [2.05, 4.69) is 26.9 Å². The summed E-state index contributed by atoms with van der Waals surface area (Å²) >= 11 is 3.09. The number of nitriles is 1. The van der Waals surface area contributed by atoms with Crippen LogP contribution in [0.1, 0.15) is 18.9 Å². The molecule has 0 spiro atoms. The Kier molecular flexibility index (Phi) is 5.68. The van der Waals surface area contributed by atoms with Crippen LogP contribution in [0.5, 0.6) is 0 Å². The van der Waals surface area contributed by atoms with Crippen molar-refractivity contribution in [3.8, 4) is 6.07 Å². The van der Waals surface area contributed by atoms with Crippen molar-refractivity contribution >= 4 is 15.9 Å². The van der Waals surface area contributed by atoms with Crippen LogP contribution in [-0.2, 0) is 6.54 Å². The van der Waals surface area contributed by atoms with Crippen molar-refractivity contribution in [2.75, 3.05) is 26.2 Å². The second kappa shape index (κ2) is 7.30. The van der Waals surface area contributed by atoms with Crippen LogP contribution in [0.2, 0.25) is 0 Å². The average Bonchev–Trinajstić information content (AvgIpc) is 2.50. The van der Waals surface area contributed by atoms with Crippen LogP contribution in [0, 0.1) is 23.0 Å². The summed E-state index contributed by atoms with van der Waals surface area (Å²) in [5.74, 6) is -1.04. The van der Waals surface area contributed by atoms with Crippen LogP contribution in [-0.4, -0.2) is 42.0 Å². The van der Waals surface area contributed by atoms with Crippen LogP contribution >= 0.6 is 15.9 Å². The van der Waals surface area contributed by atoms with Gasteiger partial charge in [-0.3, -0.25) is 9.80 Å². The lowest BCUT2D eigenvalue weighted by molar-refractivity contribution is 0.106. The molecule has 1 aromatic rings. The van der Waals surface area contributed by atoms with Gasteiger partial charge < -0.3 is 0 Å². The zero-order chi connectivity index (χ0) is 15.4. The summed E-state index contributed by atoms with van der Waals surface area (Å²) in [7, 11) is 0. The lowest BCUT2D eigenvalue weighted by Crippen LogP contribution is -2.49. The quantitative estimate of drug-likeness (QED) is 0.775. The second-order valence-corrected chi connectivity index (χ2v) is 6.04. The summed E-state index contributed by atoms with van der Waals surface area (Å²) in [6, 6.07) is 4.89. The summed E-state index contributed by atoms with van der Waals surface area (Å²) in [5.41, 5.74) is 0.102. The van der Waals surface area contributed by atoms with Gasteiger partial charge in [0.05, 0.1) is 16.6 Å². The van der Waals surface area contributed by atoms with E-state index in [1.165, 1.54) is 12.1 Å². The third-order valence-corrected chi connectivity index (χ3v) is 4.52. The number of nitrogens with zero attached hydrogens (tertiary/aromatic N) is 3. The standard InChI is InChI=1S/C15H18BrF2N3/c1-2-11(9-19)21-7-5-20(6-8-21)10-12-14(17)4-3-13(16)15(12)18/h3-4,11H,2,5-8,10H2,1H3. The Labute approximate surface area is 132 Å². The van der Waals surface area contributed by atoms with E-state index in [-0.39, 0.29) is 22.6 Å². The van der Waals surface area contributed by atoms with Crippen LogP contribution < -0.4 is 0 Å². The number of hydrogen-bond acceptors (Lipinski definition) is 3. The molecule has 1 aliphatic rings. The van der Waals surface area contributed by atoms with E-state index in [1.807, 2.05) is 11.8 Å². The first-order valence-corrected chi connectivity index (χ1v) is 7.84. The van der Waals surface area contributed by atoms with Gasteiger partial charge in [0.1, 0.15) is 11.6 Å². The minimum atomic E-state index is -0.527. The molecule has 1 aromatic carbocycles. The second-order valence-electron chi connectivity index (χ2n) is 5.19. The molecule has 1 fully saturated rings. The first-order valence-electron chi connectivity index (χ1n) is 7.05. The van der Waals surface area contributed by atoms with Gasteiger partial charge in [0.15, 0.2) is 0 Å². The van der Waals surface area contributed by atoms with Crippen LogP contribution in [0.15, 0.2) is 16.6 Å². The summed E-state index contributed by atoms with van der Waals surface area (Å²) in [4.78, 5) is 4.15. The molecule has 6 heteroatoms. The highest BCUT2D eigenvalue weighted by Gasteiger charge is 2.24. The van der Waals surface area contributed by atoms with Crippen molar-refractivity contribution in [2.24, 2.45) is 0 Å². The maximum Gasteiger partial charge on any atom is 0.144 e. The summed E-state index contributed by atoms with van der Waals surface area (Å²) in [6.07, 6.45) is 0.797. The smallest absolute Gasteiger partial charge is 0.144 e. The summed E-state index contributed by atoms with van der Waals surface area (Å²) < 4.78 is 28.0. The third kappa shape index (κ3) is 3.79. The normalized spacial score (nSPS) is 18.4. The molecule has 1 aliphatic heterocycles. The molecule has 114 valence electrons. The van der Waals surface area contributed by atoms with Gasteiger partial charge in [0, 0.05) is 38.3 Å². The van der Waals surface area contributed by atoms with Gasteiger partial charge in [-0.1, -0.05) is 6.92 Å². The highest BCUT2D eigenvalue weighted by Crippen LogP contribution is 2.23. The zero-order valence-corrected chi connectivity index (χ0v) is 13.5. The lowest BCUT2D eigenvalue weighted by atomic mass is 10.1. The predicted molar refractivity (Wildman–Crippen MR) is 80.6 cm³/mol. The SMILES string of the molecule is CCC(C#N)N1CCN(Cc2c(F)ccc(Br)c2F)CC1. The molecule has 0 saturated carbocycles. The molecule has 21 heavy (non-hydrogen) atoms. The Bertz CT molecular complexity index is 536. The number of rotatable bonds is 4. The third-order valence-electron chi connectivity index (χ3n) is 3.90. The molecule has 3 nitrogen and oxygen atoms in total. The minimum absolute atomic E-state index is 0.0634. The Morgan fingerprint density at radius 3 is 2.52 bits per heavy atom. The van der Waals surface area contributed by atoms with Gasteiger partial charge >= 0.3 is 0 Å². The molecule has 1 saturated heterocycles. The van der Waals surface area contributed by atoms with Crippen molar-refractivity contribution in [1.29, 1.82) is 5.26 Å². The van der Waals surface area contributed by atoms with Gasteiger partial charge in [-0.2, -0.15) is 5.26 Å². The van der Waals surface area contributed by atoms with Crippen molar-refractivity contribution < 1.29 is 8.78 Å². The Morgan fingerprint density at radius 2 is 1.95 bits per heavy atom. The van der Waals surface area contributed by atoms with Gasteiger partial charge in [-0.15, -0.1) is 0 Å². The van der Waals surface area contributed by atoms with Gasteiger partial charge in [-0.25, -0.2) is 8.78 Å². The maximum absolute atomic E-state index is 14.0. The van der Waals surface area contributed by atoms with E-state index in [0.717, 1.165) is 19.5 Å². The fourth-order valence-electron chi connectivity index (χ4n) is 2.60. The van der Waals surface area contributed by atoms with E-state index >= 15 is 0 Å². The van der Waals surface area contributed by atoms with E-state index in [1.54, 1.807) is 0 Å². The molecular formula is C15H18BrF2N3. The van der Waals surface area contributed by atoms with Gasteiger partial charge in [0.25, 0.3) is 0 Å². The molecule has 1 unspecified atom stereocenters. The topological polar surface area (TPSA) is 30.3 Å². The highest BCUT2D eigenvalue weighted by atomic mass is 79.9. The molecule has 2 rings (SSSR count). The number of piperazine rings is 1. The van der Waals surface area contributed by atoms with Crippen molar-refractivity contribution in [1.82, 2.24) is 9.80 Å². The summed E-state index contributed by atoms with van der Waals surface area (Å²) in [6.45, 7) is 5.18. The summed E-state index contributed by atoms with van der Waals surface area (Å²) in [5, 5.41) is 9.07. The van der Waals surface area contributed by atoms with Crippen molar-refractivity contribution in [3.63, 3.8) is 0 Å². The van der Waals surface area contributed by atoms with E-state index in [4.69, 9.17) is 5.26 Å². The van der Waals surface area contributed by atoms with E-state index in [9.17, 15) is 8.78 Å². The monoisotopic (exact) mass is 357 g/mol. The number of benzene rings is 1. The first-order chi connectivity index (χ1) is 10.1.